The maximum atomic E-state index is 12.3. The Labute approximate surface area is 148 Å². The maximum absolute atomic E-state index is 12.3. The number of hydrogen-bond acceptors (Lipinski definition) is 4. The quantitative estimate of drug-likeness (QED) is 0.905. The van der Waals surface area contributed by atoms with E-state index in [4.69, 9.17) is 9.47 Å². The number of para-hydroxylation sites is 3. The summed E-state index contributed by atoms with van der Waals surface area (Å²) in [4.78, 5) is 14.2. The molecule has 0 fully saturated rings. The molecule has 0 spiro atoms. The summed E-state index contributed by atoms with van der Waals surface area (Å²) in [6, 6.07) is 13.5. The van der Waals surface area contributed by atoms with Gasteiger partial charge in [0.15, 0.2) is 18.1 Å². The van der Waals surface area contributed by atoms with E-state index in [-0.39, 0.29) is 18.1 Å². The first-order valence-corrected chi connectivity index (χ1v) is 8.36. The van der Waals surface area contributed by atoms with Crippen molar-refractivity contribution in [3.05, 3.63) is 48.0 Å². The molecule has 0 radical (unpaired) electrons. The van der Waals surface area contributed by atoms with Crippen LogP contribution in [0.2, 0.25) is 0 Å². The Morgan fingerprint density at radius 3 is 2.72 bits per heavy atom. The minimum Gasteiger partial charge on any atom is -0.483 e. The van der Waals surface area contributed by atoms with Crippen molar-refractivity contribution in [2.75, 3.05) is 30.9 Å². The van der Waals surface area contributed by atoms with Gasteiger partial charge in [0.1, 0.15) is 5.60 Å². The summed E-state index contributed by atoms with van der Waals surface area (Å²) in [6.45, 7) is 4.02. The van der Waals surface area contributed by atoms with Gasteiger partial charge in [0, 0.05) is 26.1 Å². The van der Waals surface area contributed by atoms with Crippen molar-refractivity contribution in [1.82, 2.24) is 0 Å². The fraction of sp³-hybridized carbons (Fsp3) is 0.350. The number of ether oxygens (including phenoxy) is 2. The molecule has 25 heavy (non-hydrogen) atoms. The number of fused-ring (bicyclic) bond motifs is 1. The van der Waals surface area contributed by atoms with Gasteiger partial charge >= 0.3 is 0 Å². The molecule has 1 aliphatic rings. The molecular formula is C20H24N2O3. The van der Waals surface area contributed by atoms with E-state index in [1.807, 2.05) is 75.3 Å². The van der Waals surface area contributed by atoms with Gasteiger partial charge in [0.05, 0.1) is 11.4 Å². The summed E-state index contributed by atoms with van der Waals surface area (Å²) in [5.41, 5.74) is 2.58. The van der Waals surface area contributed by atoms with Crippen LogP contribution in [0.3, 0.4) is 0 Å². The second-order valence-electron chi connectivity index (χ2n) is 7.03. The first kappa shape index (κ1) is 17.1. The average molecular weight is 340 g/mol. The molecule has 5 nitrogen and oxygen atoms in total. The smallest absolute Gasteiger partial charge is 0.262 e. The highest BCUT2D eigenvalue weighted by molar-refractivity contribution is 5.95. The van der Waals surface area contributed by atoms with Crippen molar-refractivity contribution < 1.29 is 14.3 Å². The summed E-state index contributed by atoms with van der Waals surface area (Å²) < 4.78 is 11.7. The van der Waals surface area contributed by atoms with Crippen molar-refractivity contribution in [2.24, 2.45) is 0 Å². The molecule has 0 saturated carbocycles. The van der Waals surface area contributed by atoms with E-state index >= 15 is 0 Å². The molecule has 1 heterocycles. The second kappa shape index (κ2) is 6.67. The van der Waals surface area contributed by atoms with Crippen molar-refractivity contribution >= 4 is 17.3 Å². The minimum absolute atomic E-state index is 0.0675. The van der Waals surface area contributed by atoms with Crippen LogP contribution in [0.15, 0.2) is 42.5 Å². The van der Waals surface area contributed by atoms with E-state index in [0.29, 0.717) is 5.75 Å². The van der Waals surface area contributed by atoms with Crippen molar-refractivity contribution in [2.45, 2.75) is 25.9 Å². The Morgan fingerprint density at radius 1 is 1.20 bits per heavy atom. The monoisotopic (exact) mass is 340 g/mol. The minimum atomic E-state index is -0.241. The van der Waals surface area contributed by atoms with Crippen LogP contribution in [0.4, 0.5) is 11.4 Å². The molecule has 132 valence electrons. The highest BCUT2D eigenvalue weighted by atomic mass is 16.5. The van der Waals surface area contributed by atoms with Crippen LogP contribution in [-0.4, -0.2) is 32.2 Å². The fourth-order valence-electron chi connectivity index (χ4n) is 3.00. The van der Waals surface area contributed by atoms with Crippen molar-refractivity contribution in [3.63, 3.8) is 0 Å². The second-order valence-corrected chi connectivity index (χ2v) is 7.03. The van der Waals surface area contributed by atoms with Crippen molar-refractivity contribution in [3.8, 4) is 11.5 Å². The summed E-state index contributed by atoms with van der Waals surface area (Å²) in [5.74, 6) is 1.15. The zero-order chi connectivity index (χ0) is 18.0. The van der Waals surface area contributed by atoms with Gasteiger partial charge in [0.2, 0.25) is 0 Å². The van der Waals surface area contributed by atoms with Gasteiger partial charge in [-0.2, -0.15) is 0 Å². The molecule has 1 amide bonds. The number of rotatable bonds is 5. The predicted molar refractivity (Wildman–Crippen MR) is 99.7 cm³/mol. The third kappa shape index (κ3) is 3.87. The lowest BCUT2D eigenvalue weighted by molar-refractivity contribution is -0.118. The largest absolute Gasteiger partial charge is 0.483 e. The van der Waals surface area contributed by atoms with Crippen LogP contribution >= 0.6 is 0 Å². The van der Waals surface area contributed by atoms with Gasteiger partial charge in [0.25, 0.3) is 5.91 Å². The molecule has 3 rings (SSSR count). The SMILES string of the molecule is CN(C)c1ccccc1NC(=O)COc1cccc2c1OC(C)(C)C2. The normalized spacial score (nSPS) is 14.4. The number of benzene rings is 2. The molecular weight excluding hydrogens is 316 g/mol. The van der Waals surface area contributed by atoms with E-state index in [0.717, 1.165) is 29.1 Å². The standard InChI is InChI=1S/C20H24N2O3/c1-20(2)12-14-8-7-11-17(19(14)25-20)24-13-18(23)21-15-9-5-6-10-16(15)22(3)4/h5-11H,12-13H2,1-4H3,(H,21,23). The molecule has 2 aromatic carbocycles. The topological polar surface area (TPSA) is 50.8 Å². The Bertz CT molecular complexity index is 784. The molecule has 5 heteroatoms. The zero-order valence-corrected chi connectivity index (χ0v) is 15.1. The lowest BCUT2D eigenvalue weighted by Crippen LogP contribution is -2.25. The average Bonchev–Trinajstić information content (AvgIpc) is 2.87. The van der Waals surface area contributed by atoms with Gasteiger partial charge in [-0.05, 0) is 32.0 Å². The number of hydrogen-bond donors (Lipinski definition) is 1. The number of nitrogens with zero attached hydrogens (tertiary/aromatic N) is 1. The van der Waals surface area contributed by atoms with E-state index in [1.165, 1.54) is 0 Å². The lowest BCUT2D eigenvalue weighted by Gasteiger charge is -2.19. The summed E-state index contributed by atoms with van der Waals surface area (Å²) >= 11 is 0. The molecule has 1 aliphatic heterocycles. The Hall–Kier alpha value is -2.69. The Balaban J connectivity index is 1.66. The fourth-order valence-corrected chi connectivity index (χ4v) is 3.00. The van der Waals surface area contributed by atoms with Crippen LogP contribution in [0.1, 0.15) is 19.4 Å². The number of amides is 1. The summed E-state index contributed by atoms with van der Waals surface area (Å²) in [6.07, 6.45) is 0.835. The predicted octanol–water partition coefficient (Wildman–Crippen LogP) is 3.48. The van der Waals surface area contributed by atoms with E-state index in [9.17, 15) is 4.79 Å². The first-order chi connectivity index (χ1) is 11.9. The van der Waals surface area contributed by atoms with Gasteiger partial charge in [-0.25, -0.2) is 0 Å². The molecule has 0 atom stereocenters. The highest BCUT2D eigenvalue weighted by Crippen LogP contribution is 2.41. The molecule has 0 saturated heterocycles. The first-order valence-electron chi connectivity index (χ1n) is 8.36. The summed E-state index contributed by atoms with van der Waals surface area (Å²) in [5, 5.41) is 2.90. The van der Waals surface area contributed by atoms with Gasteiger partial charge < -0.3 is 19.7 Å². The van der Waals surface area contributed by atoms with Gasteiger partial charge in [-0.3, -0.25) is 4.79 Å². The van der Waals surface area contributed by atoms with Crippen LogP contribution in [0.25, 0.3) is 0 Å². The number of anilines is 2. The summed E-state index contributed by atoms with van der Waals surface area (Å²) in [7, 11) is 3.88. The molecule has 1 N–H and O–H groups in total. The molecule has 2 aromatic rings. The van der Waals surface area contributed by atoms with E-state index in [2.05, 4.69) is 5.32 Å². The molecule has 0 aliphatic carbocycles. The van der Waals surface area contributed by atoms with Crippen LogP contribution < -0.4 is 19.7 Å². The highest BCUT2D eigenvalue weighted by Gasteiger charge is 2.32. The van der Waals surface area contributed by atoms with Crippen molar-refractivity contribution in [1.29, 1.82) is 0 Å². The van der Waals surface area contributed by atoms with Crippen LogP contribution in [0, 0.1) is 0 Å². The van der Waals surface area contributed by atoms with Crippen LogP contribution in [-0.2, 0) is 11.2 Å². The molecule has 0 bridgehead atoms. The third-order valence-electron chi connectivity index (χ3n) is 4.07. The third-order valence-corrected chi connectivity index (χ3v) is 4.07. The zero-order valence-electron chi connectivity index (χ0n) is 15.1. The molecule has 0 unspecified atom stereocenters. The van der Waals surface area contributed by atoms with E-state index in [1.54, 1.807) is 0 Å². The van der Waals surface area contributed by atoms with E-state index < -0.39 is 0 Å². The maximum Gasteiger partial charge on any atom is 0.262 e. The van der Waals surface area contributed by atoms with Gasteiger partial charge in [-0.15, -0.1) is 0 Å². The Kier molecular flexibility index (Phi) is 4.57. The number of nitrogens with one attached hydrogen (secondary N) is 1. The lowest BCUT2D eigenvalue weighted by atomic mass is 10.0. The van der Waals surface area contributed by atoms with Crippen LogP contribution in [0.5, 0.6) is 11.5 Å². The van der Waals surface area contributed by atoms with Gasteiger partial charge in [-0.1, -0.05) is 24.3 Å². The Morgan fingerprint density at radius 2 is 1.96 bits per heavy atom. The number of carbonyl (C=O) groups excluding carboxylic acids is 1. The molecule has 0 aromatic heterocycles. The number of carbonyl (C=O) groups is 1.